The van der Waals surface area contributed by atoms with Gasteiger partial charge in [0.2, 0.25) is 0 Å². The third-order valence-electron chi connectivity index (χ3n) is 3.93. The Hall–Kier alpha value is -2.09. The Morgan fingerprint density at radius 3 is 2.44 bits per heavy atom. The molecule has 0 aliphatic carbocycles. The van der Waals surface area contributed by atoms with E-state index in [-0.39, 0.29) is 11.5 Å². The Morgan fingerprint density at radius 2 is 1.78 bits per heavy atom. The van der Waals surface area contributed by atoms with E-state index in [1.807, 2.05) is 30.3 Å². The monoisotopic (exact) mass is 407 g/mol. The summed E-state index contributed by atoms with van der Waals surface area (Å²) in [4.78, 5) is 31.2. The Morgan fingerprint density at radius 1 is 1.11 bits per heavy atom. The smallest absolute Gasteiger partial charge is 0.346 e. The summed E-state index contributed by atoms with van der Waals surface area (Å²) in [6.45, 7) is -0.377. The molecule has 3 rings (SSSR count). The summed E-state index contributed by atoms with van der Waals surface area (Å²) >= 11 is 0. The van der Waals surface area contributed by atoms with E-state index in [0.717, 1.165) is 5.56 Å². The molecule has 2 aromatic carbocycles. The van der Waals surface area contributed by atoms with E-state index < -0.39 is 30.6 Å². The number of hydrogen-bond donors (Lipinski definition) is 3. The number of carbonyl (C=O) groups excluding carboxylic acids is 1. The molecule has 142 valence electrons. The second-order valence-corrected chi connectivity index (χ2v) is 8.62. The lowest BCUT2D eigenvalue weighted by Gasteiger charge is -2.19. The molecule has 0 spiro atoms. The van der Waals surface area contributed by atoms with Crippen molar-refractivity contribution in [1.29, 1.82) is 0 Å². The van der Waals surface area contributed by atoms with Crippen LogP contribution in [0, 0.1) is 0 Å². The van der Waals surface area contributed by atoms with Crippen molar-refractivity contribution in [3.8, 4) is 0 Å². The maximum absolute atomic E-state index is 12.6. The molecule has 0 fully saturated rings. The van der Waals surface area contributed by atoms with Crippen LogP contribution in [-0.2, 0) is 31.1 Å². The van der Waals surface area contributed by atoms with Gasteiger partial charge in [0.05, 0.1) is 28.3 Å². The minimum absolute atomic E-state index is 0.102. The summed E-state index contributed by atoms with van der Waals surface area (Å²) in [6.07, 6.45) is 1.86. The van der Waals surface area contributed by atoms with Crippen molar-refractivity contribution in [2.75, 3.05) is 6.61 Å². The largest absolute Gasteiger partial charge is 0.469 e. The van der Waals surface area contributed by atoms with Gasteiger partial charge in [0.15, 0.2) is 0 Å². The number of phosphoric acid groups is 1. The maximum atomic E-state index is 12.6. The molecule has 1 heterocycles. The van der Waals surface area contributed by atoms with Crippen molar-refractivity contribution >= 4 is 30.6 Å². The van der Waals surface area contributed by atoms with Crippen LogP contribution in [0.2, 0.25) is 0 Å². The quantitative estimate of drug-likeness (QED) is 0.605. The lowest BCUT2D eigenvalue weighted by Crippen LogP contribution is -2.40. The molecule has 2 aromatic rings. The highest BCUT2D eigenvalue weighted by Gasteiger charge is 2.28. The molecule has 0 aromatic heterocycles. The minimum Gasteiger partial charge on any atom is -0.346 e. The summed E-state index contributed by atoms with van der Waals surface area (Å²) < 4.78 is 28.1. The molecule has 1 aliphatic heterocycles. The van der Waals surface area contributed by atoms with Gasteiger partial charge in [0.1, 0.15) is 4.91 Å². The molecule has 1 amide bonds. The van der Waals surface area contributed by atoms with Crippen molar-refractivity contribution in [3.05, 3.63) is 70.6 Å². The summed E-state index contributed by atoms with van der Waals surface area (Å²) in [5, 5.41) is 2.68. The van der Waals surface area contributed by atoms with Gasteiger partial charge in [-0.1, -0.05) is 48.5 Å². The molecular weight excluding hydrogens is 389 g/mol. The standard InChI is InChI=1S/C18H18NO6PS/c20-18(17-11-14-8-4-5-9-16(14)27(17)24)19-15(12-25-26(21,22)23)10-13-6-2-1-3-7-13/h1-9,11,15H,10,12H2,(H,19,20)(H2,21,22,23). The fraction of sp³-hybridized carbons (Fsp3) is 0.167. The minimum atomic E-state index is -4.68. The zero-order valence-electron chi connectivity index (χ0n) is 14.1. The number of rotatable bonds is 7. The van der Waals surface area contributed by atoms with E-state index in [2.05, 4.69) is 9.84 Å². The summed E-state index contributed by atoms with van der Waals surface area (Å²) in [5.41, 5.74) is 1.58. The molecule has 0 radical (unpaired) electrons. The number of phosphoric ester groups is 1. The average molecular weight is 407 g/mol. The molecule has 27 heavy (non-hydrogen) atoms. The average Bonchev–Trinajstić information content (AvgIpc) is 2.97. The van der Waals surface area contributed by atoms with Crippen molar-refractivity contribution in [2.45, 2.75) is 17.4 Å². The lowest BCUT2D eigenvalue weighted by molar-refractivity contribution is -0.117. The molecule has 0 saturated heterocycles. The third kappa shape index (κ3) is 5.22. The first kappa shape index (κ1) is 19.7. The zero-order valence-corrected chi connectivity index (χ0v) is 15.9. The van der Waals surface area contributed by atoms with Crippen molar-refractivity contribution < 1.29 is 27.9 Å². The molecule has 3 N–H and O–H groups in total. The van der Waals surface area contributed by atoms with E-state index in [9.17, 15) is 13.6 Å². The Balaban J connectivity index is 1.74. The van der Waals surface area contributed by atoms with Gasteiger partial charge in [-0.05, 0) is 29.7 Å². The SMILES string of the molecule is O=C(NC(COP(=O)(O)O)Cc1ccccc1)C1=Cc2ccccc2S1=O. The first-order valence-corrected chi connectivity index (χ1v) is 10.8. The molecule has 0 saturated carbocycles. The van der Waals surface area contributed by atoms with Crippen molar-refractivity contribution in [1.82, 2.24) is 5.32 Å². The second kappa shape index (κ2) is 8.29. The summed E-state index contributed by atoms with van der Waals surface area (Å²) in [6, 6.07) is 15.5. The fourth-order valence-corrected chi connectivity index (χ4v) is 4.34. The Labute approximate surface area is 158 Å². The van der Waals surface area contributed by atoms with Crippen LogP contribution in [0.25, 0.3) is 6.08 Å². The van der Waals surface area contributed by atoms with Crippen LogP contribution in [0.3, 0.4) is 0 Å². The summed E-state index contributed by atoms with van der Waals surface area (Å²) in [7, 11) is -6.27. The van der Waals surface area contributed by atoms with Gasteiger partial charge in [0, 0.05) is 0 Å². The molecule has 0 bridgehead atoms. The maximum Gasteiger partial charge on any atom is 0.469 e. The highest BCUT2D eigenvalue weighted by Crippen LogP contribution is 2.36. The number of hydrogen-bond acceptors (Lipinski definition) is 4. The second-order valence-electron chi connectivity index (χ2n) is 5.96. The van der Waals surface area contributed by atoms with Crippen LogP contribution in [0.5, 0.6) is 0 Å². The van der Waals surface area contributed by atoms with Crippen LogP contribution < -0.4 is 5.32 Å². The Bertz CT molecular complexity index is 940. The van der Waals surface area contributed by atoms with Gasteiger partial charge < -0.3 is 15.1 Å². The van der Waals surface area contributed by atoms with Gasteiger partial charge in [0.25, 0.3) is 5.91 Å². The number of benzene rings is 2. The Kier molecular flexibility index (Phi) is 6.04. The van der Waals surface area contributed by atoms with Gasteiger partial charge in [-0.2, -0.15) is 0 Å². The van der Waals surface area contributed by atoms with E-state index in [0.29, 0.717) is 16.9 Å². The normalized spacial score (nSPS) is 17.1. The van der Waals surface area contributed by atoms with Gasteiger partial charge in [-0.15, -0.1) is 0 Å². The van der Waals surface area contributed by atoms with Gasteiger partial charge in [-0.3, -0.25) is 9.32 Å². The first-order chi connectivity index (χ1) is 12.8. The van der Waals surface area contributed by atoms with Crippen LogP contribution in [0.4, 0.5) is 0 Å². The molecule has 2 unspecified atom stereocenters. The van der Waals surface area contributed by atoms with E-state index in [4.69, 9.17) is 9.79 Å². The molecule has 1 aliphatic rings. The van der Waals surface area contributed by atoms with E-state index >= 15 is 0 Å². The van der Waals surface area contributed by atoms with E-state index in [1.54, 1.807) is 30.3 Å². The molecule has 7 nitrogen and oxygen atoms in total. The topological polar surface area (TPSA) is 113 Å². The molecule has 9 heteroatoms. The molecule has 2 atom stereocenters. The number of amides is 1. The highest BCUT2D eigenvalue weighted by molar-refractivity contribution is 7.90. The predicted octanol–water partition coefficient (Wildman–Crippen LogP) is 1.99. The number of carbonyl (C=O) groups is 1. The van der Waals surface area contributed by atoms with Crippen LogP contribution in [0.15, 0.2) is 64.4 Å². The van der Waals surface area contributed by atoms with Crippen molar-refractivity contribution in [3.63, 3.8) is 0 Å². The molecular formula is C18H18NO6PS. The number of fused-ring (bicyclic) bond motifs is 1. The predicted molar refractivity (Wildman–Crippen MR) is 101 cm³/mol. The van der Waals surface area contributed by atoms with Gasteiger partial charge in [-0.25, -0.2) is 8.77 Å². The first-order valence-electron chi connectivity index (χ1n) is 8.11. The van der Waals surface area contributed by atoms with Crippen molar-refractivity contribution in [2.24, 2.45) is 0 Å². The third-order valence-corrected chi connectivity index (χ3v) is 5.89. The zero-order chi connectivity index (χ0) is 19.4. The van der Waals surface area contributed by atoms with Crippen LogP contribution in [0.1, 0.15) is 11.1 Å². The van der Waals surface area contributed by atoms with Crippen LogP contribution in [-0.4, -0.2) is 32.6 Å². The van der Waals surface area contributed by atoms with Gasteiger partial charge >= 0.3 is 7.82 Å². The summed E-state index contributed by atoms with van der Waals surface area (Å²) in [5.74, 6) is -0.556. The highest BCUT2D eigenvalue weighted by atomic mass is 32.2. The van der Waals surface area contributed by atoms with Crippen LogP contribution >= 0.6 is 7.82 Å². The van der Waals surface area contributed by atoms with E-state index in [1.165, 1.54) is 0 Å². The fourth-order valence-electron chi connectivity index (χ4n) is 2.73. The lowest BCUT2D eigenvalue weighted by atomic mass is 10.1. The number of nitrogens with one attached hydrogen (secondary N) is 1.